The second-order valence-electron chi connectivity index (χ2n) is 7.35. The summed E-state index contributed by atoms with van der Waals surface area (Å²) in [5.41, 5.74) is 1.31. The number of hydrogen-bond donors (Lipinski definition) is 0. The minimum atomic E-state index is -0.668. The standard InChI is InChI=1S/C22H21FN2O/c23-21-16(13-24)7-4-8-20(21)22(26)17-11-18-9-10-19(12-17)25(18)14-15-5-2-1-3-6-15/h1-8,17-19H,9-12,14H2. The van der Waals surface area contributed by atoms with Crippen LogP contribution in [0.2, 0.25) is 0 Å². The molecule has 4 heteroatoms. The molecule has 2 unspecified atom stereocenters. The smallest absolute Gasteiger partial charge is 0.169 e. The van der Waals surface area contributed by atoms with Gasteiger partial charge in [0.15, 0.2) is 11.6 Å². The predicted octanol–water partition coefficient (Wildman–Crippen LogP) is 4.32. The fourth-order valence-electron chi connectivity index (χ4n) is 4.57. The number of fused-ring (bicyclic) bond motifs is 2. The van der Waals surface area contributed by atoms with Crippen LogP contribution in [0.1, 0.15) is 47.2 Å². The molecule has 0 aromatic heterocycles. The van der Waals surface area contributed by atoms with Crippen molar-refractivity contribution in [1.82, 2.24) is 4.90 Å². The van der Waals surface area contributed by atoms with Gasteiger partial charge in [0.25, 0.3) is 0 Å². The highest BCUT2D eigenvalue weighted by atomic mass is 19.1. The maximum atomic E-state index is 14.4. The van der Waals surface area contributed by atoms with Crippen LogP contribution in [0, 0.1) is 23.1 Å². The quantitative estimate of drug-likeness (QED) is 0.773. The molecule has 0 radical (unpaired) electrons. The van der Waals surface area contributed by atoms with Gasteiger partial charge in [0.05, 0.1) is 11.1 Å². The largest absolute Gasteiger partial charge is 0.294 e. The van der Waals surface area contributed by atoms with Gasteiger partial charge in [-0.15, -0.1) is 0 Å². The van der Waals surface area contributed by atoms with Gasteiger partial charge in [0.1, 0.15) is 6.07 Å². The highest BCUT2D eigenvalue weighted by molar-refractivity contribution is 5.98. The van der Waals surface area contributed by atoms with E-state index >= 15 is 0 Å². The third-order valence-electron chi connectivity index (χ3n) is 5.85. The number of nitriles is 1. The average Bonchev–Trinajstić information content (AvgIpc) is 2.90. The molecule has 26 heavy (non-hydrogen) atoms. The summed E-state index contributed by atoms with van der Waals surface area (Å²) in [6, 6.07) is 17.5. The first-order valence-electron chi connectivity index (χ1n) is 9.20. The van der Waals surface area contributed by atoms with Gasteiger partial charge in [-0.25, -0.2) is 4.39 Å². The van der Waals surface area contributed by atoms with Crippen molar-refractivity contribution in [1.29, 1.82) is 5.26 Å². The lowest BCUT2D eigenvalue weighted by Gasteiger charge is -2.38. The third-order valence-corrected chi connectivity index (χ3v) is 5.85. The minimum Gasteiger partial charge on any atom is -0.294 e. The number of halogens is 1. The molecule has 4 rings (SSSR count). The van der Waals surface area contributed by atoms with Crippen LogP contribution in [0.3, 0.4) is 0 Å². The first kappa shape index (κ1) is 16.9. The van der Waals surface area contributed by atoms with E-state index in [1.807, 2.05) is 12.1 Å². The summed E-state index contributed by atoms with van der Waals surface area (Å²) in [7, 11) is 0. The Bertz CT molecular complexity index is 844. The summed E-state index contributed by atoms with van der Waals surface area (Å²) < 4.78 is 14.4. The van der Waals surface area contributed by atoms with Gasteiger partial charge >= 0.3 is 0 Å². The molecule has 0 aliphatic carbocycles. The van der Waals surface area contributed by atoms with Gasteiger partial charge < -0.3 is 0 Å². The van der Waals surface area contributed by atoms with E-state index in [-0.39, 0.29) is 22.8 Å². The minimum absolute atomic E-state index is 0.0552. The van der Waals surface area contributed by atoms with Gasteiger partial charge in [-0.05, 0) is 43.4 Å². The zero-order valence-electron chi connectivity index (χ0n) is 14.6. The molecule has 2 aliphatic heterocycles. The van der Waals surface area contributed by atoms with Crippen molar-refractivity contribution in [2.75, 3.05) is 0 Å². The van der Waals surface area contributed by atoms with Crippen molar-refractivity contribution < 1.29 is 9.18 Å². The van der Waals surface area contributed by atoms with E-state index in [2.05, 4.69) is 29.2 Å². The molecular weight excluding hydrogens is 327 g/mol. The van der Waals surface area contributed by atoms with E-state index in [0.29, 0.717) is 12.1 Å². The summed E-state index contributed by atoms with van der Waals surface area (Å²) in [5.74, 6) is -0.960. The van der Waals surface area contributed by atoms with E-state index in [0.717, 1.165) is 32.2 Å². The van der Waals surface area contributed by atoms with Crippen LogP contribution in [0.15, 0.2) is 48.5 Å². The topological polar surface area (TPSA) is 44.1 Å². The molecule has 2 aromatic rings. The Morgan fingerprint density at radius 1 is 1.08 bits per heavy atom. The Balaban J connectivity index is 1.51. The second kappa shape index (κ2) is 7.01. The molecule has 0 spiro atoms. The lowest BCUT2D eigenvalue weighted by molar-refractivity contribution is 0.0674. The first-order valence-corrected chi connectivity index (χ1v) is 9.20. The van der Waals surface area contributed by atoms with Crippen LogP contribution in [0.5, 0.6) is 0 Å². The Hall–Kier alpha value is -2.51. The molecule has 2 atom stereocenters. The molecule has 3 nitrogen and oxygen atoms in total. The maximum absolute atomic E-state index is 14.4. The van der Waals surface area contributed by atoms with Crippen molar-refractivity contribution in [2.45, 2.75) is 44.3 Å². The highest BCUT2D eigenvalue weighted by Gasteiger charge is 2.43. The normalized spacial score (nSPS) is 25.0. The summed E-state index contributed by atoms with van der Waals surface area (Å²) >= 11 is 0. The van der Waals surface area contributed by atoms with Gasteiger partial charge in [-0.3, -0.25) is 9.69 Å². The fraction of sp³-hybridized carbons (Fsp3) is 0.364. The molecule has 2 aliphatic rings. The highest BCUT2D eigenvalue weighted by Crippen LogP contribution is 2.41. The van der Waals surface area contributed by atoms with Gasteiger partial charge in [0, 0.05) is 24.5 Å². The number of piperidine rings is 1. The van der Waals surface area contributed by atoms with Crippen molar-refractivity contribution in [3.05, 3.63) is 71.0 Å². The lowest BCUT2D eigenvalue weighted by Crippen LogP contribution is -2.44. The van der Waals surface area contributed by atoms with Crippen molar-refractivity contribution in [3.63, 3.8) is 0 Å². The monoisotopic (exact) mass is 348 g/mol. The molecular formula is C22H21FN2O. The number of rotatable bonds is 4. The number of carbonyl (C=O) groups excluding carboxylic acids is 1. The van der Waals surface area contributed by atoms with Crippen molar-refractivity contribution >= 4 is 5.78 Å². The number of hydrogen-bond acceptors (Lipinski definition) is 3. The van der Waals surface area contributed by atoms with Crippen LogP contribution < -0.4 is 0 Å². The molecule has 2 bridgehead atoms. The zero-order valence-corrected chi connectivity index (χ0v) is 14.6. The van der Waals surface area contributed by atoms with E-state index in [1.54, 1.807) is 6.07 Å². The van der Waals surface area contributed by atoms with E-state index in [9.17, 15) is 9.18 Å². The summed E-state index contributed by atoms with van der Waals surface area (Å²) in [4.78, 5) is 15.4. The Labute approximate surface area is 153 Å². The SMILES string of the molecule is N#Cc1cccc(C(=O)C2CC3CCC(C2)N3Cc2ccccc2)c1F. The molecule has 0 N–H and O–H groups in total. The Kier molecular flexibility index (Phi) is 4.57. The average molecular weight is 348 g/mol. The van der Waals surface area contributed by atoms with Crippen LogP contribution in [0.25, 0.3) is 0 Å². The Morgan fingerprint density at radius 2 is 1.77 bits per heavy atom. The van der Waals surface area contributed by atoms with Crippen LogP contribution in [-0.2, 0) is 6.54 Å². The number of benzene rings is 2. The van der Waals surface area contributed by atoms with E-state index in [4.69, 9.17) is 5.26 Å². The van der Waals surface area contributed by atoms with Crippen LogP contribution in [-0.4, -0.2) is 22.8 Å². The van der Waals surface area contributed by atoms with Crippen LogP contribution >= 0.6 is 0 Å². The summed E-state index contributed by atoms with van der Waals surface area (Å²) in [6.45, 7) is 0.912. The van der Waals surface area contributed by atoms with Gasteiger partial charge in [0.2, 0.25) is 0 Å². The fourth-order valence-corrected chi connectivity index (χ4v) is 4.57. The molecule has 2 heterocycles. The number of carbonyl (C=O) groups is 1. The Morgan fingerprint density at radius 3 is 2.42 bits per heavy atom. The first-order chi connectivity index (χ1) is 12.7. The molecule has 0 amide bonds. The zero-order chi connectivity index (χ0) is 18.1. The molecule has 0 saturated carbocycles. The molecule has 2 saturated heterocycles. The van der Waals surface area contributed by atoms with Crippen molar-refractivity contribution in [3.8, 4) is 6.07 Å². The second-order valence-corrected chi connectivity index (χ2v) is 7.35. The maximum Gasteiger partial charge on any atom is 0.169 e. The van der Waals surface area contributed by atoms with E-state index < -0.39 is 5.82 Å². The number of Topliss-reactive ketones (excluding diaryl/α,β-unsaturated/α-hetero) is 1. The molecule has 2 fully saturated rings. The van der Waals surface area contributed by atoms with Gasteiger partial charge in [-0.1, -0.05) is 36.4 Å². The summed E-state index contributed by atoms with van der Waals surface area (Å²) in [6.07, 6.45) is 3.75. The van der Waals surface area contributed by atoms with Gasteiger partial charge in [-0.2, -0.15) is 5.26 Å². The van der Waals surface area contributed by atoms with Crippen LogP contribution in [0.4, 0.5) is 4.39 Å². The lowest BCUT2D eigenvalue weighted by atomic mass is 9.84. The molecule has 2 aromatic carbocycles. The number of ketones is 1. The third kappa shape index (κ3) is 3.04. The van der Waals surface area contributed by atoms with E-state index in [1.165, 1.54) is 17.7 Å². The van der Waals surface area contributed by atoms with Crippen molar-refractivity contribution in [2.24, 2.45) is 5.92 Å². The summed E-state index contributed by atoms with van der Waals surface area (Å²) in [5, 5.41) is 9.00. The predicted molar refractivity (Wildman–Crippen MR) is 97.0 cm³/mol. The molecule has 132 valence electrons. The number of nitrogens with zero attached hydrogens (tertiary/aromatic N) is 2.